The number of nitrogens with zero attached hydrogens (tertiary/aromatic N) is 2. The third kappa shape index (κ3) is 3.76. The molecule has 15 heteroatoms. The molecule has 0 aromatic carbocycles. The second-order valence-corrected chi connectivity index (χ2v) is 9.50. The average Bonchev–Trinajstić information content (AvgIpc) is 2.96. The topological polar surface area (TPSA) is 157 Å². The number of alkyl halides is 1. The van der Waals surface area contributed by atoms with Crippen molar-refractivity contribution in [1.82, 2.24) is 15.5 Å². The molecule has 4 rings (SSSR count). The predicted octanol–water partition coefficient (Wildman–Crippen LogP) is -6.41. The van der Waals surface area contributed by atoms with Crippen molar-refractivity contribution in [3.63, 3.8) is 0 Å². The van der Waals surface area contributed by atoms with E-state index in [1.54, 1.807) is 4.90 Å². The van der Waals surface area contributed by atoms with Crippen molar-refractivity contribution in [2.45, 2.75) is 48.1 Å². The number of hydrogen-bond donors (Lipinski definition) is 5. The van der Waals surface area contributed by atoms with E-state index in [9.17, 15) is 15.1 Å². The van der Waals surface area contributed by atoms with Gasteiger partial charge in [0.05, 0.1) is 18.8 Å². The molecule has 0 bridgehead atoms. The Balaban J connectivity index is 0.00000182. The molecule has 0 spiro atoms. The fraction of sp³-hybridized carbons (Fsp3) is 0.900. The maximum Gasteiger partial charge on any atom is 1.00 e. The summed E-state index contributed by atoms with van der Waals surface area (Å²) in [5.74, 6) is -0.381. The summed E-state index contributed by atoms with van der Waals surface area (Å²) < 4.78 is 16.2. The minimum absolute atomic E-state index is 0. The summed E-state index contributed by atoms with van der Waals surface area (Å²) in [4.78, 5) is 15.3. The Labute approximate surface area is 178 Å². The first-order valence-electron chi connectivity index (χ1n) is 7.20. The molecular formula is C10H16BrN5NaO6PS. The molecule has 5 unspecified atom stereocenters. The molecule has 0 aromatic heterocycles. The van der Waals surface area contributed by atoms with Gasteiger partial charge >= 0.3 is 36.3 Å². The molecule has 11 nitrogen and oxygen atoms in total. The van der Waals surface area contributed by atoms with Crippen molar-refractivity contribution >= 4 is 40.4 Å². The van der Waals surface area contributed by atoms with Crippen molar-refractivity contribution in [2.24, 2.45) is 10.7 Å². The molecule has 3 saturated heterocycles. The van der Waals surface area contributed by atoms with Crippen LogP contribution >= 0.6 is 22.6 Å². The molecule has 4 aliphatic heterocycles. The molecule has 0 amide bonds. The van der Waals surface area contributed by atoms with Crippen molar-refractivity contribution in [1.29, 1.82) is 0 Å². The van der Waals surface area contributed by atoms with Crippen LogP contribution in [0.3, 0.4) is 0 Å². The number of aliphatic hydroxyl groups is 1. The third-order valence-corrected chi connectivity index (χ3v) is 6.65. The Morgan fingerprint density at radius 2 is 2.20 bits per heavy atom. The molecule has 0 aliphatic carbocycles. The van der Waals surface area contributed by atoms with E-state index in [2.05, 4.69) is 31.6 Å². The van der Waals surface area contributed by atoms with Crippen LogP contribution in [0.2, 0.25) is 0 Å². The van der Waals surface area contributed by atoms with Gasteiger partial charge in [-0.3, -0.25) is 25.9 Å². The van der Waals surface area contributed by atoms with Crippen molar-refractivity contribution in [3.05, 3.63) is 0 Å². The normalized spacial score (nSPS) is 52.9. The van der Waals surface area contributed by atoms with Gasteiger partial charge in [0.15, 0.2) is 6.29 Å². The van der Waals surface area contributed by atoms with Crippen LogP contribution in [-0.4, -0.2) is 75.5 Å². The van der Waals surface area contributed by atoms with Crippen LogP contribution in [0.1, 0.15) is 0 Å². The number of aliphatic hydroxyl groups excluding tert-OH is 1. The molecule has 9 atom stereocenters. The van der Waals surface area contributed by atoms with Gasteiger partial charge in [0, 0.05) is 0 Å². The Bertz CT molecular complexity index is 622. The molecule has 3 fully saturated rings. The molecule has 25 heavy (non-hydrogen) atoms. The predicted molar refractivity (Wildman–Crippen MR) is 85.8 cm³/mol. The number of fused-ring (bicyclic) bond motifs is 2. The minimum Gasteiger partial charge on any atom is -0.861 e. The maximum absolute atomic E-state index is 12.0. The monoisotopic (exact) mass is 467 g/mol. The summed E-state index contributed by atoms with van der Waals surface area (Å²) in [7, 11) is 0. The molecule has 0 radical (unpaired) electrons. The quantitative estimate of drug-likeness (QED) is 0.108. The second kappa shape index (κ2) is 7.58. The van der Waals surface area contributed by atoms with E-state index in [0.29, 0.717) is 0 Å². The fourth-order valence-electron chi connectivity index (χ4n) is 3.33. The molecule has 0 saturated carbocycles. The van der Waals surface area contributed by atoms with E-state index >= 15 is 0 Å². The number of aliphatic imine (C=N–C) groups is 1. The van der Waals surface area contributed by atoms with Gasteiger partial charge in [0.1, 0.15) is 29.6 Å². The van der Waals surface area contributed by atoms with E-state index in [0.717, 1.165) is 0 Å². The zero-order chi connectivity index (χ0) is 17.2. The van der Waals surface area contributed by atoms with E-state index in [4.69, 9.17) is 31.3 Å². The van der Waals surface area contributed by atoms with Crippen LogP contribution in [0, 0.1) is 0 Å². The maximum atomic E-state index is 12.0. The zero-order valence-corrected chi connectivity index (χ0v) is 18.4. The van der Waals surface area contributed by atoms with E-state index in [1.807, 2.05) is 0 Å². The molecule has 136 valence electrons. The average molecular weight is 468 g/mol. The van der Waals surface area contributed by atoms with Crippen molar-refractivity contribution in [3.8, 4) is 0 Å². The van der Waals surface area contributed by atoms with E-state index in [-0.39, 0.29) is 42.1 Å². The summed E-state index contributed by atoms with van der Waals surface area (Å²) in [6.07, 6.45) is -4.69. The number of nitrogens with two attached hydrogens (primary N) is 1. The van der Waals surface area contributed by atoms with Crippen LogP contribution in [0.25, 0.3) is 0 Å². The van der Waals surface area contributed by atoms with Gasteiger partial charge in [-0.1, -0.05) is 15.9 Å². The van der Waals surface area contributed by atoms with Gasteiger partial charge in [-0.05, 0) is 17.7 Å². The van der Waals surface area contributed by atoms with Crippen LogP contribution in [0.15, 0.2) is 4.99 Å². The van der Waals surface area contributed by atoms with Gasteiger partial charge in [0.2, 0.25) is 0 Å². The Kier molecular flexibility index (Phi) is 6.35. The first-order valence-corrected chi connectivity index (χ1v) is 10.7. The Morgan fingerprint density at radius 3 is 2.92 bits per heavy atom. The molecule has 4 heterocycles. The second-order valence-electron chi connectivity index (χ2n) is 5.84. The summed E-state index contributed by atoms with van der Waals surface area (Å²) >= 11 is 8.24. The first-order chi connectivity index (χ1) is 11.3. The van der Waals surface area contributed by atoms with Gasteiger partial charge in [-0.2, -0.15) is 0 Å². The fourth-order valence-corrected chi connectivity index (χ4v) is 5.54. The van der Waals surface area contributed by atoms with Crippen LogP contribution < -0.4 is 51.0 Å². The number of ether oxygens (including phenoxy) is 1. The third-order valence-electron chi connectivity index (χ3n) is 4.35. The standard InChI is InChI=1S/C10H17BrN5O6PS.Na/c11-9-13-3-6(14-10(12)15-7(3)18)16(9)8-4(17)5-2(21-8)1-20-23(19,24)22-5;/h2-6,8-10,13-14,17H,1,12H2,(H,15,18)(H,19,24);/q;+1/p-1/t2-,3?,4-,5-,6?,8-,9?,10?,23?;/m1./s1. The largest absolute Gasteiger partial charge is 1.00 e. The van der Waals surface area contributed by atoms with Crippen LogP contribution in [0.4, 0.5) is 0 Å². The van der Waals surface area contributed by atoms with Gasteiger partial charge in [-0.25, -0.2) is 4.90 Å². The molecular weight excluding hydrogens is 452 g/mol. The van der Waals surface area contributed by atoms with Crippen molar-refractivity contribution < 1.29 is 58.4 Å². The minimum atomic E-state index is -3.37. The number of halogens is 1. The van der Waals surface area contributed by atoms with Crippen LogP contribution in [-0.2, 0) is 25.6 Å². The summed E-state index contributed by atoms with van der Waals surface area (Å²) in [6.45, 7) is -3.35. The molecule has 6 N–H and O–H groups in total. The smallest absolute Gasteiger partial charge is 0.861 e. The van der Waals surface area contributed by atoms with E-state index in [1.165, 1.54) is 0 Å². The van der Waals surface area contributed by atoms with Gasteiger partial charge in [0.25, 0.3) is 0 Å². The SMILES string of the molecule is NC1N=C([O-])C2NC(Br)N([C@@H]3O[C@@H]4COP(O)(=S)O[C@H]4[C@H]3O)C2N1.[Na+]. The summed E-state index contributed by atoms with van der Waals surface area (Å²) in [6, 6.07) is -0.631. The Morgan fingerprint density at radius 1 is 1.48 bits per heavy atom. The summed E-state index contributed by atoms with van der Waals surface area (Å²) in [5, 5.41) is 28.2. The molecule has 4 aliphatic rings. The number of rotatable bonds is 1. The van der Waals surface area contributed by atoms with Crippen molar-refractivity contribution in [2.75, 3.05) is 6.61 Å². The Hall–Kier alpha value is 1.24. The summed E-state index contributed by atoms with van der Waals surface area (Å²) in [5.41, 5.74) is 5.72. The van der Waals surface area contributed by atoms with Gasteiger partial charge < -0.3 is 24.4 Å². The first kappa shape index (κ1) is 21.0. The van der Waals surface area contributed by atoms with Crippen LogP contribution in [0.5, 0.6) is 0 Å². The molecule has 0 aromatic rings. The van der Waals surface area contributed by atoms with E-state index < -0.39 is 54.8 Å². The number of hydrogen-bond acceptors (Lipinski definition) is 11. The number of nitrogens with one attached hydrogen (secondary N) is 2. The van der Waals surface area contributed by atoms with Gasteiger partial charge in [-0.15, -0.1) is 0 Å². The zero-order valence-electron chi connectivity index (χ0n) is 13.1.